The fraction of sp³-hybridized carbons (Fsp3) is 0.917. The molecule has 1 aliphatic rings. The Labute approximate surface area is 98.6 Å². The molecule has 4 nitrogen and oxygen atoms in total. The largest absolute Gasteiger partial charge is 0.368 e. The number of primary amides is 1. The van der Waals surface area contributed by atoms with E-state index in [1.165, 1.54) is 6.42 Å². The zero-order valence-electron chi connectivity index (χ0n) is 10.7. The summed E-state index contributed by atoms with van der Waals surface area (Å²) in [5.74, 6) is 0.495. The first-order valence-electron chi connectivity index (χ1n) is 6.31. The highest BCUT2D eigenvalue weighted by Crippen LogP contribution is 2.22. The fourth-order valence-corrected chi connectivity index (χ4v) is 2.45. The molecular weight excluding hydrogens is 202 g/mol. The first-order chi connectivity index (χ1) is 7.54. The number of nitrogens with two attached hydrogens (primary N) is 1. The van der Waals surface area contributed by atoms with Crippen LogP contribution < -0.4 is 11.1 Å². The molecule has 1 amide bonds. The van der Waals surface area contributed by atoms with E-state index in [-0.39, 0.29) is 11.9 Å². The van der Waals surface area contributed by atoms with Crippen molar-refractivity contribution in [2.24, 2.45) is 11.7 Å². The van der Waals surface area contributed by atoms with Gasteiger partial charge in [-0.2, -0.15) is 0 Å². The lowest BCUT2D eigenvalue weighted by Crippen LogP contribution is -2.50. The van der Waals surface area contributed by atoms with Crippen molar-refractivity contribution in [2.45, 2.75) is 45.7 Å². The maximum absolute atomic E-state index is 11.3. The average Bonchev–Trinajstić information content (AvgIpc) is 2.51. The minimum Gasteiger partial charge on any atom is -0.368 e. The molecule has 0 aromatic heterocycles. The minimum atomic E-state index is -0.236. The molecule has 0 aromatic carbocycles. The van der Waals surface area contributed by atoms with Gasteiger partial charge >= 0.3 is 0 Å². The Morgan fingerprint density at radius 2 is 2.25 bits per heavy atom. The quantitative estimate of drug-likeness (QED) is 0.697. The van der Waals surface area contributed by atoms with Crippen LogP contribution in [0.2, 0.25) is 0 Å². The van der Waals surface area contributed by atoms with Gasteiger partial charge in [-0.25, -0.2) is 0 Å². The molecular formula is C12H25N3O. The highest BCUT2D eigenvalue weighted by atomic mass is 16.1. The summed E-state index contributed by atoms with van der Waals surface area (Å²) in [5, 5.41) is 3.21. The van der Waals surface area contributed by atoms with Crippen molar-refractivity contribution in [3.05, 3.63) is 0 Å². The zero-order chi connectivity index (χ0) is 12.1. The van der Waals surface area contributed by atoms with Gasteiger partial charge in [0, 0.05) is 19.1 Å². The lowest BCUT2D eigenvalue weighted by molar-refractivity contribution is -0.120. The Kier molecular flexibility index (Phi) is 5.22. The first kappa shape index (κ1) is 13.5. The lowest BCUT2D eigenvalue weighted by Gasteiger charge is -2.26. The van der Waals surface area contributed by atoms with E-state index in [4.69, 9.17) is 5.73 Å². The number of carbonyl (C=O) groups is 1. The summed E-state index contributed by atoms with van der Waals surface area (Å²) in [6, 6.07) is 0.368. The molecule has 4 heteroatoms. The van der Waals surface area contributed by atoms with E-state index < -0.39 is 0 Å². The van der Waals surface area contributed by atoms with Gasteiger partial charge in [-0.1, -0.05) is 13.8 Å². The Morgan fingerprint density at radius 1 is 1.56 bits per heavy atom. The number of rotatable bonds is 6. The van der Waals surface area contributed by atoms with Crippen LogP contribution in [0.1, 0.15) is 33.6 Å². The van der Waals surface area contributed by atoms with Crippen LogP contribution in [0.15, 0.2) is 0 Å². The molecule has 1 fully saturated rings. The molecule has 0 aromatic rings. The van der Waals surface area contributed by atoms with Crippen LogP contribution in [0, 0.1) is 5.92 Å². The summed E-state index contributed by atoms with van der Waals surface area (Å²) in [6.07, 6.45) is 2.25. The highest BCUT2D eigenvalue weighted by molar-refractivity contribution is 5.80. The van der Waals surface area contributed by atoms with Gasteiger partial charge in [0.05, 0.1) is 6.04 Å². The van der Waals surface area contributed by atoms with Crippen LogP contribution in [-0.4, -0.2) is 42.5 Å². The molecule has 16 heavy (non-hydrogen) atoms. The molecule has 3 N–H and O–H groups in total. The number of hydrogen-bond donors (Lipinski definition) is 2. The Balaban J connectivity index is 2.44. The molecule has 0 radical (unpaired) electrons. The zero-order valence-corrected chi connectivity index (χ0v) is 10.7. The molecule has 1 rings (SSSR count). The third-order valence-electron chi connectivity index (χ3n) is 3.31. The standard InChI is InChI=1S/C12H25N3O/c1-4-5-14-11(12(13)16)8-15-7-9(2)6-10(15)3/h9-11,14H,4-8H2,1-3H3,(H2,13,16). The van der Waals surface area contributed by atoms with Crippen molar-refractivity contribution < 1.29 is 4.79 Å². The van der Waals surface area contributed by atoms with E-state index in [2.05, 4.69) is 31.0 Å². The molecule has 0 bridgehead atoms. The second-order valence-electron chi connectivity index (χ2n) is 5.05. The number of nitrogens with zero attached hydrogens (tertiary/aromatic N) is 1. The molecule has 0 saturated carbocycles. The van der Waals surface area contributed by atoms with E-state index >= 15 is 0 Å². The maximum atomic E-state index is 11.3. The van der Waals surface area contributed by atoms with Gasteiger partial charge in [-0.3, -0.25) is 9.69 Å². The SMILES string of the molecule is CCCNC(CN1CC(C)CC1C)C(N)=O. The monoisotopic (exact) mass is 227 g/mol. The van der Waals surface area contributed by atoms with Crippen LogP contribution in [0.5, 0.6) is 0 Å². The van der Waals surface area contributed by atoms with Crippen LogP contribution >= 0.6 is 0 Å². The number of likely N-dealkylation sites (tertiary alicyclic amines) is 1. The Bertz CT molecular complexity index is 232. The van der Waals surface area contributed by atoms with E-state index in [1.807, 2.05) is 0 Å². The topological polar surface area (TPSA) is 58.4 Å². The fourth-order valence-electron chi connectivity index (χ4n) is 2.45. The van der Waals surface area contributed by atoms with Gasteiger partial charge in [0.15, 0.2) is 0 Å². The summed E-state index contributed by atoms with van der Waals surface area (Å²) >= 11 is 0. The van der Waals surface area contributed by atoms with Crippen LogP contribution in [-0.2, 0) is 4.79 Å². The lowest BCUT2D eigenvalue weighted by atomic mass is 10.1. The molecule has 0 aliphatic carbocycles. The summed E-state index contributed by atoms with van der Waals surface area (Å²) < 4.78 is 0. The molecule has 94 valence electrons. The average molecular weight is 227 g/mol. The van der Waals surface area contributed by atoms with E-state index in [1.54, 1.807) is 0 Å². The second kappa shape index (κ2) is 6.21. The van der Waals surface area contributed by atoms with E-state index in [0.29, 0.717) is 6.04 Å². The van der Waals surface area contributed by atoms with Crippen molar-refractivity contribution >= 4 is 5.91 Å². The van der Waals surface area contributed by atoms with Gasteiger partial charge in [-0.15, -0.1) is 0 Å². The summed E-state index contributed by atoms with van der Waals surface area (Å²) in [4.78, 5) is 13.7. The number of nitrogens with one attached hydrogen (secondary N) is 1. The van der Waals surface area contributed by atoms with Crippen molar-refractivity contribution in [3.63, 3.8) is 0 Å². The van der Waals surface area contributed by atoms with Crippen molar-refractivity contribution in [1.82, 2.24) is 10.2 Å². The molecule has 1 heterocycles. The van der Waals surface area contributed by atoms with E-state index in [9.17, 15) is 4.79 Å². The van der Waals surface area contributed by atoms with Gasteiger partial charge < -0.3 is 11.1 Å². The Hall–Kier alpha value is -0.610. The third kappa shape index (κ3) is 3.76. The normalized spacial score (nSPS) is 28.2. The van der Waals surface area contributed by atoms with Gasteiger partial charge in [-0.05, 0) is 32.2 Å². The second-order valence-corrected chi connectivity index (χ2v) is 5.05. The Morgan fingerprint density at radius 3 is 2.69 bits per heavy atom. The third-order valence-corrected chi connectivity index (χ3v) is 3.31. The van der Waals surface area contributed by atoms with Crippen molar-refractivity contribution in [1.29, 1.82) is 0 Å². The van der Waals surface area contributed by atoms with Crippen LogP contribution in [0.3, 0.4) is 0 Å². The summed E-state index contributed by atoms with van der Waals surface area (Å²) in [6.45, 7) is 9.26. The van der Waals surface area contributed by atoms with Gasteiger partial charge in [0.2, 0.25) is 5.91 Å². The molecule has 0 spiro atoms. The summed E-state index contributed by atoms with van der Waals surface area (Å²) in [7, 11) is 0. The smallest absolute Gasteiger partial charge is 0.235 e. The molecule has 3 unspecified atom stereocenters. The molecule has 1 saturated heterocycles. The maximum Gasteiger partial charge on any atom is 0.235 e. The molecule has 3 atom stereocenters. The minimum absolute atomic E-state index is 0.201. The molecule has 1 aliphatic heterocycles. The van der Waals surface area contributed by atoms with Crippen molar-refractivity contribution in [3.8, 4) is 0 Å². The van der Waals surface area contributed by atoms with E-state index in [0.717, 1.165) is 32.0 Å². The van der Waals surface area contributed by atoms with Crippen molar-refractivity contribution in [2.75, 3.05) is 19.6 Å². The highest BCUT2D eigenvalue weighted by Gasteiger charge is 2.29. The predicted octanol–water partition coefficient (Wildman–Crippen LogP) is 0.570. The number of carbonyl (C=O) groups excluding carboxylic acids is 1. The predicted molar refractivity (Wildman–Crippen MR) is 66.1 cm³/mol. The van der Waals surface area contributed by atoms with Crippen LogP contribution in [0.25, 0.3) is 0 Å². The summed E-state index contributed by atoms with van der Waals surface area (Å²) in [5.41, 5.74) is 5.41. The van der Waals surface area contributed by atoms with Crippen LogP contribution in [0.4, 0.5) is 0 Å². The number of hydrogen-bond acceptors (Lipinski definition) is 3. The van der Waals surface area contributed by atoms with Gasteiger partial charge in [0.25, 0.3) is 0 Å². The van der Waals surface area contributed by atoms with Gasteiger partial charge in [0.1, 0.15) is 0 Å². The number of amides is 1. The first-order valence-corrected chi connectivity index (χ1v) is 6.31.